The molecule has 1 aromatic rings. The predicted octanol–water partition coefficient (Wildman–Crippen LogP) is 2.15. The number of rotatable bonds is 1. The molecule has 0 N–H and O–H groups in total. The maximum absolute atomic E-state index is 13.6. The molecule has 1 atom stereocenters. The smallest absolute Gasteiger partial charge is 0.321 e. The summed E-state index contributed by atoms with van der Waals surface area (Å²) in [6.45, 7) is 0. The molecule has 0 bridgehead atoms. The van der Waals surface area contributed by atoms with E-state index < -0.39 is 23.7 Å². The van der Waals surface area contributed by atoms with E-state index in [4.69, 9.17) is 0 Å². The molecule has 0 radical (unpaired) electrons. The normalized spacial score (nSPS) is 20.5. The van der Waals surface area contributed by atoms with Crippen LogP contribution < -0.4 is 0 Å². The second-order valence-corrected chi connectivity index (χ2v) is 4.05. The van der Waals surface area contributed by atoms with Gasteiger partial charge in [0, 0.05) is 5.56 Å². The zero-order valence-corrected chi connectivity index (χ0v) is 9.08. The van der Waals surface area contributed by atoms with Gasteiger partial charge in [0.25, 0.3) is 0 Å². The number of esters is 2. The number of hydrogen-bond donors (Lipinski definition) is 0. The molecule has 1 unspecified atom stereocenters. The average Bonchev–Trinajstić information content (AvgIpc) is 2.50. The van der Waals surface area contributed by atoms with Crippen molar-refractivity contribution >= 4 is 27.9 Å². The van der Waals surface area contributed by atoms with Crippen molar-refractivity contribution < 1.29 is 18.7 Å². The van der Waals surface area contributed by atoms with Gasteiger partial charge in [-0.3, -0.25) is 9.59 Å². The summed E-state index contributed by atoms with van der Waals surface area (Å²) in [5, 5.41) is 0. The summed E-state index contributed by atoms with van der Waals surface area (Å²) in [6, 6.07) is 4.62. The molecule has 15 heavy (non-hydrogen) atoms. The minimum Gasteiger partial charge on any atom is -0.393 e. The zero-order valence-electron chi connectivity index (χ0n) is 7.50. The molecule has 5 heteroatoms. The fourth-order valence-electron chi connectivity index (χ4n) is 1.50. The number of carbonyl (C=O) groups is 2. The third-order valence-corrected chi connectivity index (χ3v) is 2.84. The highest BCUT2D eigenvalue weighted by Gasteiger charge is 2.36. The van der Waals surface area contributed by atoms with E-state index in [9.17, 15) is 14.0 Å². The summed E-state index contributed by atoms with van der Waals surface area (Å²) in [5.41, 5.74) is 0.195. The van der Waals surface area contributed by atoms with Gasteiger partial charge in [-0.15, -0.1) is 0 Å². The summed E-state index contributed by atoms with van der Waals surface area (Å²) >= 11 is 3.02. The molecule has 0 aromatic heterocycles. The third-order valence-electron chi connectivity index (χ3n) is 2.23. The monoisotopic (exact) mass is 272 g/mol. The minimum atomic E-state index is -0.810. The van der Waals surface area contributed by atoms with Crippen LogP contribution in [-0.4, -0.2) is 11.9 Å². The molecule has 1 aliphatic heterocycles. The Hall–Kier alpha value is -1.23. The van der Waals surface area contributed by atoms with Crippen LogP contribution in [0.5, 0.6) is 0 Å². The number of hydrogen-bond acceptors (Lipinski definition) is 3. The maximum Gasteiger partial charge on any atom is 0.321 e. The largest absolute Gasteiger partial charge is 0.393 e. The molecule has 1 aliphatic rings. The highest BCUT2D eigenvalue weighted by molar-refractivity contribution is 9.10. The molecule has 0 spiro atoms. The Morgan fingerprint density at radius 1 is 1.40 bits per heavy atom. The topological polar surface area (TPSA) is 43.4 Å². The van der Waals surface area contributed by atoms with E-state index in [-0.39, 0.29) is 16.5 Å². The first-order valence-corrected chi connectivity index (χ1v) is 5.07. The van der Waals surface area contributed by atoms with E-state index >= 15 is 0 Å². The fraction of sp³-hybridized carbons (Fsp3) is 0.200. The minimum absolute atomic E-state index is 0.0911. The number of carbonyl (C=O) groups excluding carboxylic acids is 2. The lowest BCUT2D eigenvalue weighted by Crippen LogP contribution is -2.07. The number of cyclic esters (lactones) is 2. The molecule has 3 nitrogen and oxygen atoms in total. The van der Waals surface area contributed by atoms with E-state index in [0.29, 0.717) is 0 Å². The first-order chi connectivity index (χ1) is 7.09. The quantitative estimate of drug-likeness (QED) is 0.581. The lowest BCUT2D eigenvalue weighted by molar-refractivity contribution is -0.152. The van der Waals surface area contributed by atoms with Crippen LogP contribution in [0.2, 0.25) is 0 Å². The Morgan fingerprint density at radius 2 is 2.13 bits per heavy atom. The van der Waals surface area contributed by atoms with Gasteiger partial charge in [-0.2, -0.15) is 0 Å². The molecule has 1 fully saturated rings. The SMILES string of the molecule is O=C1CC(c2cccc(Br)c2F)C(=O)O1. The molecule has 1 saturated heterocycles. The van der Waals surface area contributed by atoms with E-state index in [1.54, 1.807) is 6.07 Å². The lowest BCUT2D eigenvalue weighted by Gasteiger charge is -2.07. The van der Waals surface area contributed by atoms with Crippen molar-refractivity contribution in [2.75, 3.05) is 0 Å². The highest BCUT2D eigenvalue weighted by atomic mass is 79.9. The Bertz CT molecular complexity index is 444. The predicted molar refractivity (Wildman–Crippen MR) is 52.6 cm³/mol. The van der Waals surface area contributed by atoms with E-state index in [1.165, 1.54) is 12.1 Å². The first-order valence-electron chi connectivity index (χ1n) is 4.28. The van der Waals surface area contributed by atoms with Crippen LogP contribution in [0.15, 0.2) is 22.7 Å². The van der Waals surface area contributed by atoms with E-state index in [1.807, 2.05) is 0 Å². The number of benzene rings is 1. The lowest BCUT2D eigenvalue weighted by atomic mass is 9.97. The summed E-state index contributed by atoms with van der Waals surface area (Å²) < 4.78 is 18.2. The van der Waals surface area contributed by atoms with Crippen molar-refractivity contribution in [3.8, 4) is 0 Å². The van der Waals surface area contributed by atoms with Crippen LogP contribution in [0.25, 0.3) is 0 Å². The van der Waals surface area contributed by atoms with Crippen LogP contribution in [0.3, 0.4) is 0 Å². The van der Waals surface area contributed by atoms with Gasteiger partial charge in [0.05, 0.1) is 16.8 Å². The number of ether oxygens (including phenoxy) is 1. The van der Waals surface area contributed by atoms with Crippen LogP contribution in [0.4, 0.5) is 4.39 Å². The van der Waals surface area contributed by atoms with Crippen LogP contribution in [-0.2, 0) is 14.3 Å². The van der Waals surface area contributed by atoms with Gasteiger partial charge in [0.15, 0.2) is 0 Å². The second-order valence-electron chi connectivity index (χ2n) is 3.19. The van der Waals surface area contributed by atoms with Crippen molar-refractivity contribution in [2.24, 2.45) is 0 Å². The van der Waals surface area contributed by atoms with E-state index in [2.05, 4.69) is 20.7 Å². The standard InChI is InChI=1S/C10H6BrFO3/c11-7-3-1-2-5(9(7)12)6-4-8(13)15-10(6)14/h1-3,6H,4H2. The Morgan fingerprint density at radius 3 is 2.73 bits per heavy atom. The van der Waals surface area contributed by atoms with Gasteiger partial charge in [-0.05, 0) is 22.0 Å². The van der Waals surface area contributed by atoms with Gasteiger partial charge in [0.2, 0.25) is 0 Å². The Labute approximate surface area is 93.4 Å². The molecular weight excluding hydrogens is 267 g/mol. The molecule has 2 rings (SSSR count). The molecule has 78 valence electrons. The van der Waals surface area contributed by atoms with Crippen molar-refractivity contribution in [3.63, 3.8) is 0 Å². The van der Waals surface area contributed by atoms with Gasteiger partial charge < -0.3 is 4.74 Å². The highest BCUT2D eigenvalue weighted by Crippen LogP contribution is 2.31. The van der Waals surface area contributed by atoms with Crippen molar-refractivity contribution in [1.82, 2.24) is 0 Å². The van der Waals surface area contributed by atoms with Crippen LogP contribution >= 0.6 is 15.9 Å². The zero-order chi connectivity index (χ0) is 11.0. The summed E-state index contributed by atoms with van der Waals surface area (Å²) in [5.74, 6) is -2.62. The van der Waals surface area contributed by atoms with Crippen molar-refractivity contribution in [1.29, 1.82) is 0 Å². The summed E-state index contributed by atoms with van der Waals surface area (Å²) in [7, 11) is 0. The summed E-state index contributed by atoms with van der Waals surface area (Å²) in [6.07, 6.45) is -0.0911. The Kier molecular flexibility index (Phi) is 2.56. The van der Waals surface area contributed by atoms with Crippen molar-refractivity contribution in [3.05, 3.63) is 34.1 Å². The third kappa shape index (κ3) is 1.79. The van der Waals surface area contributed by atoms with Gasteiger partial charge >= 0.3 is 11.9 Å². The number of halogens is 2. The van der Waals surface area contributed by atoms with Crippen molar-refractivity contribution in [2.45, 2.75) is 12.3 Å². The average molecular weight is 273 g/mol. The molecule has 1 heterocycles. The molecule has 0 amide bonds. The molecule has 1 aromatic carbocycles. The van der Waals surface area contributed by atoms with E-state index in [0.717, 1.165) is 0 Å². The molecule has 0 aliphatic carbocycles. The van der Waals surface area contributed by atoms with Crippen LogP contribution in [0.1, 0.15) is 17.9 Å². The Balaban J connectivity index is 2.42. The summed E-state index contributed by atoms with van der Waals surface area (Å²) in [4.78, 5) is 22.1. The van der Waals surface area contributed by atoms with Gasteiger partial charge in [-0.1, -0.05) is 12.1 Å². The molecular formula is C10H6BrFO3. The first kappa shape index (κ1) is 10.3. The van der Waals surface area contributed by atoms with Gasteiger partial charge in [0.1, 0.15) is 5.82 Å². The van der Waals surface area contributed by atoms with Crippen LogP contribution in [0, 0.1) is 5.82 Å². The maximum atomic E-state index is 13.6. The van der Waals surface area contributed by atoms with Gasteiger partial charge in [-0.25, -0.2) is 4.39 Å². The second kappa shape index (κ2) is 3.73. The molecule has 0 saturated carbocycles. The fourth-order valence-corrected chi connectivity index (χ4v) is 1.88.